The van der Waals surface area contributed by atoms with Crippen molar-refractivity contribution in [3.8, 4) is 39.9 Å². The monoisotopic (exact) mass is 592 g/mol. The van der Waals surface area contributed by atoms with E-state index in [-0.39, 0.29) is 5.41 Å². The third-order valence-corrected chi connectivity index (χ3v) is 9.08. The highest BCUT2D eigenvalue weighted by Crippen LogP contribution is 2.48. The van der Waals surface area contributed by atoms with Crippen molar-refractivity contribution in [1.82, 2.24) is 19.5 Å². The van der Waals surface area contributed by atoms with Gasteiger partial charge in [0, 0.05) is 27.5 Å². The highest BCUT2D eigenvalue weighted by Gasteiger charge is 2.35. The van der Waals surface area contributed by atoms with E-state index in [0.29, 0.717) is 17.6 Å². The summed E-state index contributed by atoms with van der Waals surface area (Å²) in [6.07, 6.45) is 6.30. The predicted molar refractivity (Wildman–Crippen MR) is 191 cm³/mol. The molecule has 0 unspecified atom stereocenters. The van der Waals surface area contributed by atoms with Crippen LogP contribution in [-0.4, -0.2) is 19.5 Å². The Hall–Kier alpha value is -5.87. The second kappa shape index (κ2) is 10.9. The maximum Gasteiger partial charge on any atom is 0.238 e. The lowest BCUT2D eigenvalue weighted by atomic mass is 9.82. The minimum atomic E-state index is -0.0519. The summed E-state index contributed by atoms with van der Waals surface area (Å²) in [6, 6.07) is 44.1. The van der Waals surface area contributed by atoms with Gasteiger partial charge in [0.25, 0.3) is 0 Å². The first-order chi connectivity index (χ1) is 22.5. The van der Waals surface area contributed by atoms with Crippen LogP contribution in [0.1, 0.15) is 41.8 Å². The van der Waals surface area contributed by atoms with E-state index in [2.05, 4.69) is 104 Å². The van der Waals surface area contributed by atoms with Crippen LogP contribution in [0.25, 0.3) is 69.0 Å². The van der Waals surface area contributed by atoms with Crippen molar-refractivity contribution in [2.45, 2.75) is 19.3 Å². The SMILES string of the molecule is C=Cc1c(C=Cc2ccc3c(c2)C(C)(C)c2ccccc2-3)c2ccccc2n1-c1nc(-c2ccccc2)nc(-c2ccccc2)n1. The minimum Gasteiger partial charge on any atom is -0.278 e. The van der Waals surface area contributed by atoms with Gasteiger partial charge in [0.15, 0.2) is 11.6 Å². The Labute approximate surface area is 269 Å². The van der Waals surface area contributed by atoms with Crippen molar-refractivity contribution in [3.05, 3.63) is 162 Å². The Kier molecular flexibility index (Phi) is 6.58. The number of hydrogen-bond acceptors (Lipinski definition) is 3. The molecule has 220 valence electrons. The summed E-state index contributed by atoms with van der Waals surface area (Å²) in [6.45, 7) is 8.88. The van der Waals surface area contributed by atoms with Crippen molar-refractivity contribution < 1.29 is 0 Å². The molecule has 0 atom stereocenters. The zero-order chi connectivity index (χ0) is 31.3. The van der Waals surface area contributed by atoms with Gasteiger partial charge in [-0.25, -0.2) is 4.98 Å². The maximum absolute atomic E-state index is 5.03. The summed E-state index contributed by atoms with van der Waals surface area (Å²) in [5, 5.41) is 1.10. The molecule has 0 N–H and O–H groups in total. The molecular weight excluding hydrogens is 560 g/mol. The molecule has 4 heteroatoms. The van der Waals surface area contributed by atoms with Crippen LogP contribution in [0.4, 0.5) is 0 Å². The lowest BCUT2D eigenvalue weighted by Crippen LogP contribution is -2.14. The van der Waals surface area contributed by atoms with Gasteiger partial charge in [-0.3, -0.25) is 4.57 Å². The molecular formula is C42H32N4. The van der Waals surface area contributed by atoms with E-state index >= 15 is 0 Å². The Morgan fingerprint density at radius 3 is 1.91 bits per heavy atom. The van der Waals surface area contributed by atoms with E-state index in [1.54, 1.807) is 0 Å². The third-order valence-electron chi connectivity index (χ3n) is 9.08. The predicted octanol–water partition coefficient (Wildman–Crippen LogP) is 10.3. The molecule has 4 nitrogen and oxygen atoms in total. The molecule has 1 aliphatic rings. The van der Waals surface area contributed by atoms with Crippen LogP contribution >= 0.6 is 0 Å². The van der Waals surface area contributed by atoms with Crippen LogP contribution in [0.3, 0.4) is 0 Å². The van der Waals surface area contributed by atoms with E-state index < -0.39 is 0 Å². The van der Waals surface area contributed by atoms with E-state index in [9.17, 15) is 0 Å². The topological polar surface area (TPSA) is 43.6 Å². The molecule has 5 aromatic carbocycles. The maximum atomic E-state index is 5.03. The first-order valence-electron chi connectivity index (χ1n) is 15.6. The summed E-state index contributed by atoms with van der Waals surface area (Å²) in [4.78, 5) is 15.0. The highest BCUT2D eigenvalue weighted by molar-refractivity contribution is 5.97. The molecule has 0 radical (unpaired) electrons. The molecule has 2 heterocycles. The van der Waals surface area contributed by atoms with Crippen LogP contribution in [-0.2, 0) is 5.41 Å². The fourth-order valence-corrected chi connectivity index (χ4v) is 6.78. The third kappa shape index (κ3) is 4.50. The number of fused-ring (bicyclic) bond motifs is 4. The average molecular weight is 593 g/mol. The summed E-state index contributed by atoms with van der Waals surface area (Å²) < 4.78 is 2.10. The lowest BCUT2D eigenvalue weighted by molar-refractivity contribution is 0.660. The zero-order valence-corrected chi connectivity index (χ0v) is 25.9. The van der Waals surface area contributed by atoms with Crippen molar-refractivity contribution in [3.63, 3.8) is 0 Å². The van der Waals surface area contributed by atoms with E-state index in [0.717, 1.165) is 38.9 Å². The van der Waals surface area contributed by atoms with E-state index in [1.807, 2.05) is 66.7 Å². The largest absolute Gasteiger partial charge is 0.278 e. The van der Waals surface area contributed by atoms with Crippen molar-refractivity contribution in [2.24, 2.45) is 0 Å². The molecule has 46 heavy (non-hydrogen) atoms. The minimum absolute atomic E-state index is 0.0519. The molecule has 0 aliphatic heterocycles. The molecule has 0 saturated heterocycles. The Balaban J connectivity index is 1.28. The van der Waals surface area contributed by atoms with Gasteiger partial charge in [0.2, 0.25) is 5.95 Å². The van der Waals surface area contributed by atoms with Gasteiger partial charge in [-0.05, 0) is 40.0 Å². The molecule has 0 bridgehead atoms. The molecule has 0 spiro atoms. The van der Waals surface area contributed by atoms with Gasteiger partial charge < -0.3 is 0 Å². The first-order valence-corrected chi connectivity index (χ1v) is 15.6. The fourth-order valence-electron chi connectivity index (χ4n) is 6.78. The number of nitrogens with zero attached hydrogens (tertiary/aromatic N) is 4. The van der Waals surface area contributed by atoms with Crippen LogP contribution < -0.4 is 0 Å². The van der Waals surface area contributed by atoms with Crippen LogP contribution in [0, 0.1) is 0 Å². The first kappa shape index (κ1) is 27.7. The molecule has 1 aliphatic carbocycles. The van der Waals surface area contributed by atoms with E-state index in [4.69, 9.17) is 15.0 Å². The van der Waals surface area contributed by atoms with Crippen molar-refractivity contribution in [2.75, 3.05) is 0 Å². The zero-order valence-electron chi connectivity index (χ0n) is 25.9. The van der Waals surface area contributed by atoms with Gasteiger partial charge in [0.05, 0.1) is 11.2 Å². The summed E-state index contributed by atoms with van der Waals surface area (Å²) in [7, 11) is 0. The van der Waals surface area contributed by atoms with Crippen molar-refractivity contribution in [1.29, 1.82) is 0 Å². The smallest absolute Gasteiger partial charge is 0.238 e. The second-order valence-corrected chi connectivity index (χ2v) is 12.2. The van der Waals surface area contributed by atoms with Gasteiger partial charge >= 0.3 is 0 Å². The van der Waals surface area contributed by atoms with E-state index in [1.165, 1.54) is 22.3 Å². The number of rotatable bonds is 6. The summed E-state index contributed by atoms with van der Waals surface area (Å²) in [5.74, 6) is 1.79. The molecule has 0 fully saturated rings. The van der Waals surface area contributed by atoms with Gasteiger partial charge in [0.1, 0.15) is 0 Å². The number of benzene rings is 5. The van der Waals surface area contributed by atoms with Crippen molar-refractivity contribution >= 4 is 29.1 Å². The quantitative estimate of drug-likeness (QED) is 0.193. The number of aromatic nitrogens is 4. The van der Waals surface area contributed by atoms with Gasteiger partial charge in [-0.15, -0.1) is 0 Å². The van der Waals surface area contributed by atoms with Crippen LogP contribution in [0.2, 0.25) is 0 Å². The highest BCUT2D eigenvalue weighted by atomic mass is 15.2. The Morgan fingerprint density at radius 1 is 0.609 bits per heavy atom. The Bertz CT molecular complexity index is 2240. The molecule has 2 aromatic heterocycles. The molecule has 0 amide bonds. The average Bonchev–Trinajstić information content (AvgIpc) is 3.56. The normalized spacial score (nSPS) is 13.2. The van der Waals surface area contributed by atoms with Gasteiger partial charge in [-0.2, -0.15) is 9.97 Å². The number of hydrogen-bond donors (Lipinski definition) is 0. The fraction of sp³-hybridized carbons (Fsp3) is 0.0714. The second-order valence-electron chi connectivity index (χ2n) is 12.2. The van der Waals surface area contributed by atoms with Crippen LogP contribution in [0.5, 0.6) is 0 Å². The van der Waals surface area contributed by atoms with Crippen LogP contribution in [0.15, 0.2) is 134 Å². The lowest BCUT2D eigenvalue weighted by Gasteiger charge is -2.21. The molecule has 0 saturated carbocycles. The Morgan fingerprint density at radius 2 is 1.22 bits per heavy atom. The number of para-hydroxylation sites is 1. The standard InChI is InChI=1S/C42H32N4/c1-4-37-34(26-24-28-23-25-32-31-19-11-13-21-35(31)42(2,3)36(32)27-28)33-20-12-14-22-38(33)46(37)41-44-39(29-15-7-5-8-16-29)43-40(45-41)30-17-9-6-10-18-30/h4-27H,1H2,2-3H3. The van der Waals surface area contributed by atoms with Gasteiger partial charge in [-0.1, -0.05) is 154 Å². The summed E-state index contributed by atoms with van der Waals surface area (Å²) in [5.41, 5.74) is 11.4. The molecule has 8 rings (SSSR count). The summed E-state index contributed by atoms with van der Waals surface area (Å²) >= 11 is 0. The molecule has 7 aromatic rings.